The van der Waals surface area contributed by atoms with Gasteiger partial charge in [0, 0.05) is 5.92 Å². The van der Waals surface area contributed by atoms with Crippen molar-refractivity contribution in [2.45, 2.75) is 6.92 Å². The van der Waals surface area contributed by atoms with Gasteiger partial charge >= 0.3 is 0 Å². The molecule has 0 fully saturated rings. The lowest BCUT2D eigenvalue weighted by Crippen LogP contribution is -1.99. The third kappa shape index (κ3) is 1.91. The fourth-order valence-electron chi connectivity index (χ4n) is 0.0430. The lowest BCUT2D eigenvalue weighted by molar-refractivity contribution is -0.111. The summed E-state index contributed by atoms with van der Waals surface area (Å²) < 4.78 is 0. The molecule has 0 heterocycles. The SMILES string of the molecule is C[C@@H](C=O)CO. The topological polar surface area (TPSA) is 37.3 Å². The van der Waals surface area contributed by atoms with Gasteiger partial charge in [0.2, 0.25) is 0 Å². The van der Waals surface area contributed by atoms with Crippen LogP contribution in [0.2, 0.25) is 0 Å². The summed E-state index contributed by atoms with van der Waals surface area (Å²) in [5, 5.41) is 8.10. The molecule has 0 aliphatic rings. The average Bonchev–Trinajstić information content (AvgIpc) is 1.65. The first-order valence-electron chi connectivity index (χ1n) is 1.87. The van der Waals surface area contributed by atoms with Crippen molar-refractivity contribution in [1.82, 2.24) is 0 Å². The molecule has 0 rings (SSSR count). The second kappa shape index (κ2) is 2.85. The van der Waals surface area contributed by atoms with Crippen molar-refractivity contribution < 1.29 is 9.90 Å². The third-order valence-corrected chi connectivity index (χ3v) is 0.520. The Labute approximate surface area is 36.8 Å². The molecule has 1 atom stereocenters. The van der Waals surface area contributed by atoms with E-state index in [-0.39, 0.29) is 12.5 Å². The second-order valence-electron chi connectivity index (χ2n) is 1.30. The van der Waals surface area contributed by atoms with Crippen LogP contribution in [0.25, 0.3) is 0 Å². The van der Waals surface area contributed by atoms with Crippen molar-refractivity contribution in [3.63, 3.8) is 0 Å². The van der Waals surface area contributed by atoms with Crippen LogP contribution < -0.4 is 0 Å². The molecule has 0 aromatic rings. The summed E-state index contributed by atoms with van der Waals surface area (Å²) in [6.45, 7) is 1.62. The Balaban J connectivity index is 2.96. The van der Waals surface area contributed by atoms with Crippen molar-refractivity contribution in [2.75, 3.05) is 6.61 Å². The summed E-state index contributed by atoms with van der Waals surface area (Å²) in [6.07, 6.45) is 0.722. The third-order valence-electron chi connectivity index (χ3n) is 0.520. The van der Waals surface area contributed by atoms with Crippen LogP contribution in [0.15, 0.2) is 0 Å². The highest BCUT2D eigenvalue weighted by molar-refractivity contribution is 5.52. The molecule has 0 saturated carbocycles. The molecular formula is C4H8O2. The minimum atomic E-state index is -0.190. The van der Waals surface area contributed by atoms with Gasteiger partial charge in [-0.05, 0) is 0 Å². The molecule has 0 aromatic heterocycles. The van der Waals surface area contributed by atoms with Crippen molar-refractivity contribution in [1.29, 1.82) is 0 Å². The summed E-state index contributed by atoms with van der Waals surface area (Å²) >= 11 is 0. The van der Waals surface area contributed by atoms with Gasteiger partial charge in [0.1, 0.15) is 6.29 Å². The van der Waals surface area contributed by atoms with Gasteiger partial charge in [-0.2, -0.15) is 0 Å². The number of hydrogen-bond acceptors (Lipinski definition) is 2. The van der Waals surface area contributed by atoms with E-state index in [1.807, 2.05) is 0 Å². The van der Waals surface area contributed by atoms with Crippen LogP contribution in [0, 0.1) is 5.92 Å². The number of aliphatic hydroxyl groups is 1. The fraction of sp³-hybridized carbons (Fsp3) is 0.750. The van der Waals surface area contributed by atoms with E-state index in [0.717, 1.165) is 6.29 Å². The predicted molar refractivity (Wildman–Crippen MR) is 22.3 cm³/mol. The summed E-state index contributed by atoms with van der Waals surface area (Å²) in [5.74, 6) is -0.190. The Morgan fingerprint density at radius 1 is 2.00 bits per heavy atom. The highest BCUT2D eigenvalue weighted by Gasteiger charge is 1.90. The van der Waals surface area contributed by atoms with Crippen LogP contribution in [0.4, 0.5) is 0 Å². The molecule has 0 amide bonds. The molecular weight excluding hydrogens is 80.0 g/mol. The zero-order valence-corrected chi connectivity index (χ0v) is 3.72. The Morgan fingerprint density at radius 2 is 2.50 bits per heavy atom. The lowest BCUT2D eigenvalue weighted by Gasteiger charge is -1.89. The molecule has 0 aliphatic heterocycles. The maximum Gasteiger partial charge on any atom is 0.125 e. The Hall–Kier alpha value is -0.370. The number of carbonyl (C=O) groups excluding carboxylic acids is 1. The van der Waals surface area contributed by atoms with Crippen LogP contribution in [-0.4, -0.2) is 18.0 Å². The maximum atomic E-state index is 9.58. The molecule has 0 aliphatic carbocycles. The molecule has 0 saturated heterocycles. The van der Waals surface area contributed by atoms with Gasteiger partial charge < -0.3 is 9.90 Å². The van der Waals surface area contributed by atoms with Gasteiger partial charge in [0.25, 0.3) is 0 Å². The average molecular weight is 88.1 g/mol. The number of rotatable bonds is 2. The largest absolute Gasteiger partial charge is 0.396 e. The normalized spacial score (nSPS) is 13.7. The smallest absolute Gasteiger partial charge is 0.125 e. The van der Waals surface area contributed by atoms with E-state index in [1.54, 1.807) is 6.92 Å². The van der Waals surface area contributed by atoms with Gasteiger partial charge in [-0.15, -0.1) is 0 Å². The first-order valence-corrected chi connectivity index (χ1v) is 1.87. The summed E-state index contributed by atoms with van der Waals surface area (Å²) in [4.78, 5) is 9.58. The quantitative estimate of drug-likeness (QED) is 0.475. The van der Waals surface area contributed by atoms with E-state index in [1.165, 1.54) is 0 Å². The van der Waals surface area contributed by atoms with E-state index < -0.39 is 0 Å². The van der Waals surface area contributed by atoms with E-state index in [9.17, 15) is 4.79 Å². The molecule has 0 bridgehead atoms. The van der Waals surface area contributed by atoms with Gasteiger partial charge in [-0.1, -0.05) is 6.92 Å². The molecule has 6 heavy (non-hydrogen) atoms. The second-order valence-corrected chi connectivity index (χ2v) is 1.30. The van der Waals surface area contributed by atoms with Crippen LogP contribution in [0.1, 0.15) is 6.92 Å². The number of aliphatic hydroxyl groups excluding tert-OH is 1. The van der Waals surface area contributed by atoms with Crippen molar-refractivity contribution >= 4 is 6.29 Å². The number of aldehydes is 1. The fourth-order valence-corrected chi connectivity index (χ4v) is 0.0430. The maximum absolute atomic E-state index is 9.58. The Kier molecular flexibility index (Phi) is 2.67. The molecule has 0 radical (unpaired) electrons. The molecule has 0 spiro atoms. The molecule has 1 N–H and O–H groups in total. The van der Waals surface area contributed by atoms with Crippen LogP contribution in [0.3, 0.4) is 0 Å². The molecule has 0 aromatic carbocycles. The van der Waals surface area contributed by atoms with Gasteiger partial charge in [0.05, 0.1) is 6.61 Å². The van der Waals surface area contributed by atoms with Crippen LogP contribution in [0.5, 0.6) is 0 Å². The van der Waals surface area contributed by atoms with E-state index in [2.05, 4.69) is 0 Å². The number of hydrogen-bond donors (Lipinski definition) is 1. The zero-order valence-electron chi connectivity index (χ0n) is 3.72. The molecule has 36 valence electrons. The van der Waals surface area contributed by atoms with Crippen LogP contribution in [-0.2, 0) is 4.79 Å². The first-order chi connectivity index (χ1) is 2.81. The minimum absolute atomic E-state index is 0.0382. The summed E-state index contributed by atoms with van der Waals surface area (Å²) in [7, 11) is 0. The Morgan fingerprint density at radius 3 is 2.50 bits per heavy atom. The van der Waals surface area contributed by atoms with E-state index in [4.69, 9.17) is 5.11 Å². The standard InChI is InChI=1S/C4H8O2/c1-4(2-5)3-6/h2,4,6H,3H2,1H3/t4-/m0/s1. The van der Waals surface area contributed by atoms with Gasteiger partial charge in [0.15, 0.2) is 0 Å². The predicted octanol–water partition coefficient (Wildman–Crippen LogP) is -0.186. The Bertz CT molecular complexity index is 42.8. The molecule has 2 heteroatoms. The van der Waals surface area contributed by atoms with Gasteiger partial charge in [-0.25, -0.2) is 0 Å². The molecule has 2 nitrogen and oxygen atoms in total. The van der Waals surface area contributed by atoms with Crippen molar-refractivity contribution in [3.05, 3.63) is 0 Å². The van der Waals surface area contributed by atoms with Crippen molar-refractivity contribution in [3.8, 4) is 0 Å². The molecule has 0 unspecified atom stereocenters. The summed E-state index contributed by atoms with van der Waals surface area (Å²) in [6, 6.07) is 0. The van der Waals surface area contributed by atoms with Crippen molar-refractivity contribution in [2.24, 2.45) is 5.92 Å². The highest BCUT2D eigenvalue weighted by atomic mass is 16.3. The van der Waals surface area contributed by atoms with E-state index in [0.29, 0.717) is 0 Å². The van der Waals surface area contributed by atoms with Crippen LogP contribution >= 0.6 is 0 Å². The van der Waals surface area contributed by atoms with E-state index >= 15 is 0 Å². The minimum Gasteiger partial charge on any atom is -0.396 e. The lowest BCUT2D eigenvalue weighted by atomic mass is 10.2. The first kappa shape index (κ1) is 5.63. The van der Waals surface area contributed by atoms with Gasteiger partial charge in [-0.3, -0.25) is 0 Å². The summed E-state index contributed by atoms with van der Waals surface area (Å²) in [5.41, 5.74) is 0. The number of carbonyl (C=O) groups is 1. The zero-order chi connectivity index (χ0) is 4.99. The monoisotopic (exact) mass is 88.1 g/mol. The highest BCUT2D eigenvalue weighted by Crippen LogP contribution is 1.81.